The molecule has 1 aliphatic rings. The monoisotopic (exact) mass is 422 g/mol. The van der Waals surface area contributed by atoms with Gasteiger partial charge in [0.1, 0.15) is 5.75 Å². The summed E-state index contributed by atoms with van der Waals surface area (Å²) in [6, 6.07) is 5.90. The van der Waals surface area contributed by atoms with E-state index in [0.717, 1.165) is 0 Å². The standard InChI is InChI=1S/C20H24F2N4O4/c1-13(2)18-23-16(30-24-18)7-8-17(27)25-9-11-26(12-10-25)19(28)14-5-3-4-6-15(14)29-20(21)22/h3-6,13,20H,7-12H2,1-2H3. The predicted octanol–water partition coefficient (Wildman–Crippen LogP) is 2.71. The first kappa shape index (κ1) is 21.7. The second-order valence-corrected chi connectivity index (χ2v) is 7.25. The van der Waals surface area contributed by atoms with Crippen molar-refractivity contribution in [3.05, 3.63) is 41.5 Å². The van der Waals surface area contributed by atoms with E-state index in [2.05, 4.69) is 14.9 Å². The van der Waals surface area contributed by atoms with Crippen molar-refractivity contribution >= 4 is 11.8 Å². The summed E-state index contributed by atoms with van der Waals surface area (Å²) in [4.78, 5) is 32.6. The first-order valence-electron chi connectivity index (χ1n) is 9.78. The first-order chi connectivity index (χ1) is 14.3. The van der Waals surface area contributed by atoms with Crippen molar-refractivity contribution in [3.8, 4) is 5.75 Å². The highest BCUT2D eigenvalue weighted by Crippen LogP contribution is 2.22. The van der Waals surface area contributed by atoms with Crippen LogP contribution in [-0.2, 0) is 11.2 Å². The van der Waals surface area contributed by atoms with Crippen LogP contribution in [0.5, 0.6) is 5.75 Å². The summed E-state index contributed by atoms with van der Waals surface area (Å²) in [5.74, 6) is 0.576. The van der Waals surface area contributed by atoms with Crippen LogP contribution in [0, 0.1) is 0 Å². The highest BCUT2D eigenvalue weighted by atomic mass is 19.3. The Bertz CT molecular complexity index is 879. The number of piperazine rings is 1. The number of benzene rings is 1. The fourth-order valence-corrected chi connectivity index (χ4v) is 3.15. The normalized spacial score (nSPS) is 14.5. The lowest BCUT2D eigenvalue weighted by atomic mass is 10.1. The summed E-state index contributed by atoms with van der Waals surface area (Å²) in [7, 11) is 0. The third-order valence-electron chi connectivity index (χ3n) is 4.81. The molecule has 162 valence electrons. The Hall–Kier alpha value is -3.04. The molecule has 2 heterocycles. The zero-order chi connectivity index (χ0) is 21.7. The predicted molar refractivity (Wildman–Crippen MR) is 102 cm³/mol. The summed E-state index contributed by atoms with van der Waals surface area (Å²) < 4.78 is 34.7. The molecule has 30 heavy (non-hydrogen) atoms. The fourth-order valence-electron chi connectivity index (χ4n) is 3.15. The molecule has 1 fully saturated rings. The lowest BCUT2D eigenvalue weighted by Gasteiger charge is -2.35. The van der Waals surface area contributed by atoms with Crippen molar-refractivity contribution in [3.63, 3.8) is 0 Å². The summed E-state index contributed by atoms with van der Waals surface area (Å²) in [6.07, 6.45) is 0.592. The van der Waals surface area contributed by atoms with Crippen LogP contribution in [0.3, 0.4) is 0 Å². The first-order valence-corrected chi connectivity index (χ1v) is 9.78. The maximum atomic E-state index is 12.7. The Kier molecular flexibility index (Phi) is 6.96. The number of aryl methyl sites for hydroxylation is 1. The Balaban J connectivity index is 1.51. The maximum absolute atomic E-state index is 12.7. The Morgan fingerprint density at radius 3 is 2.43 bits per heavy atom. The Labute approximate surface area is 172 Å². The molecule has 0 spiro atoms. The van der Waals surface area contributed by atoms with E-state index in [0.29, 0.717) is 44.3 Å². The second kappa shape index (κ2) is 9.64. The maximum Gasteiger partial charge on any atom is 0.387 e. The van der Waals surface area contributed by atoms with Crippen molar-refractivity contribution in [2.45, 2.75) is 39.2 Å². The zero-order valence-electron chi connectivity index (χ0n) is 16.9. The lowest BCUT2D eigenvalue weighted by Crippen LogP contribution is -2.50. The number of amides is 2. The minimum Gasteiger partial charge on any atom is -0.434 e. The van der Waals surface area contributed by atoms with Crippen LogP contribution >= 0.6 is 0 Å². The van der Waals surface area contributed by atoms with Crippen LogP contribution in [0.15, 0.2) is 28.8 Å². The second-order valence-electron chi connectivity index (χ2n) is 7.25. The van der Waals surface area contributed by atoms with Crippen molar-refractivity contribution in [1.29, 1.82) is 0 Å². The van der Waals surface area contributed by atoms with Gasteiger partial charge in [0.2, 0.25) is 11.8 Å². The summed E-state index contributed by atoms with van der Waals surface area (Å²) in [5, 5.41) is 3.88. The van der Waals surface area contributed by atoms with Gasteiger partial charge in [-0.25, -0.2) is 0 Å². The number of carbonyl (C=O) groups excluding carboxylic acids is 2. The van der Waals surface area contributed by atoms with E-state index in [1.807, 2.05) is 13.8 Å². The van der Waals surface area contributed by atoms with Crippen LogP contribution in [0.4, 0.5) is 8.78 Å². The van der Waals surface area contributed by atoms with Crippen molar-refractivity contribution in [2.24, 2.45) is 0 Å². The minimum absolute atomic E-state index is 0.0622. The van der Waals surface area contributed by atoms with Crippen LogP contribution in [0.25, 0.3) is 0 Å². The van der Waals surface area contributed by atoms with Gasteiger partial charge in [0.05, 0.1) is 5.56 Å². The number of para-hydroxylation sites is 1. The molecule has 2 aromatic rings. The molecule has 10 heteroatoms. The molecule has 1 saturated heterocycles. The number of aromatic nitrogens is 2. The van der Waals surface area contributed by atoms with E-state index >= 15 is 0 Å². The smallest absolute Gasteiger partial charge is 0.387 e. The van der Waals surface area contributed by atoms with E-state index in [4.69, 9.17) is 4.52 Å². The van der Waals surface area contributed by atoms with Gasteiger partial charge in [-0.3, -0.25) is 9.59 Å². The van der Waals surface area contributed by atoms with Crippen molar-refractivity contribution in [2.75, 3.05) is 26.2 Å². The highest BCUT2D eigenvalue weighted by molar-refractivity contribution is 5.97. The fraction of sp³-hybridized carbons (Fsp3) is 0.500. The molecule has 1 aromatic carbocycles. The SMILES string of the molecule is CC(C)c1noc(CCC(=O)N2CCN(C(=O)c3ccccc3OC(F)F)CC2)n1. The van der Waals surface area contributed by atoms with Crippen molar-refractivity contribution < 1.29 is 27.6 Å². The molecular weight excluding hydrogens is 398 g/mol. The number of hydrogen-bond acceptors (Lipinski definition) is 6. The summed E-state index contributed by atoms with van der Waals surface area (Å²) >= 11 is 0. The molecule has 0 radical (unpaired) electrons. The summed E-state index contributed by atoms with van der Waals surface area (Å²) in [6.45, 7) is 2.26. The highest BCUT2D eigenvalue weighted by Gasteiger charge is 2.27. The largest absolute Gasteiger partial charge is 0.434 e. The molecule has 8 nitrogen and oxygen atoms in total. The number of alkyl halides is 2. The molecule has 0 saturated carbocycles. The molecule has 0 N–H and O–H groups in total. The van der Waals surface area contributed by atoms with Gasteiger partial charge in [-0.1, -0.05) is 31.1 Å². The molecule has 1 aliphatic heterocycles. The van der Waals surface area contributed by atoms with E-state index in [1.165, 1.54) is 23.1 Å². The molecule has 0 atom stereocenters. The van der Waals surface area contributed by atoms with Crippen LogP contribution in [0.2, 0.25) is 0 Å². The number of nitrogens with zero attached hydrogens (tertiary/aromatic N) is 4. The van der Waals surface area contributed by atoms with Gasteiger partial charge in [0.25, 0.3) is 5.91 Å². The molecular formula is C20H24F2N4O4. The van der Waals surface area contributed by atoms with Gasteiger partial charge in [0.15, 0.2) is 5.82 Å². The Morgan fingerprint density at radius 1 is 1.13 bits per heavy atom. The molecule has 0 aliphatic carbocycles. The number of ether oxygens (including phenoxy) is 1. The van der Waals surface area contributed by atoms with Gasteiger partial charge in [0, 0.05) is 44.9 Å². The minimum atomic E-state index is -3.01. The number of halogens is 2. The van der Waals surface area contributed by atoms with Gasteiger partial charge >= 0.3 is 6.61 Å². The molecule has 3 rings (SSSR count). The van der Waals surface area contributed by atoms with E-state index in [9.17, 15) is 18.4 Å². The van der Waals surface area contributed by atoms with E-state index < -0.39 is 12.5 Å². The third-order valence-corrected chi connectivity index (χ3v) is 4.81. The quantitative estimate of drug-likeness (QED) is 0.682. The van der Waals surface area contributed by atoms with Crippen LogP contribution in [0.1, 0.15) is 48.3 Å². The van der Waals surface area contributed by atoms with Crippen molar-refractivity contribution in [1.82, 2.24) is 19.9 Å². The van der Waals surface area contributed by atoms with Crippen LogP contribution in [-0.4, -0.2) is 64.5 Å². The molecule has 0 unspecified atom stereocenters. The van der Waals surface area contributed by atoms with Gasteiger partial charge in [-0.05, 0) is 12.1 Å². The number of carbonyl (C=O) groups is 2. The lowest BCUT2D eigenvalue weighted by molar-refractivity contribution is -0.132. The average Bonchev–Trinajstić information content (AvgIpc) is 3.21. The van der Waals surface area contributed by atoms with Crippen LogP contribution < -0.4 is 4.74 Å². The average molecular weight is 422 g/mol. The van der Waals surface area contributed by atoms with E-state index in [1.54, 1.807) is 11.0 Å². The van der Waals surface area contributed by atoms with E-state index in [-0.39, 0.29) is 29.6 Å². The Morgan fingerprint density at radius 2 is 1.80 bits per heavy atom. The molecule has 0 bridgehead atoms. The van der Waals surface area contributed by atoms with Gasteiger partial charge in [-0.15, -0.1) is 0 Å². The number of hydrogen-bond donors (Lipinski definition) is 0. The van der Waals surface area contributed by atoms with Gasteiger partial charge in [-0.2, -0.15) is 13.8 Å². The van der Waals surface area contributed by atoms with Gasteiger partial charge < -0.3 is 19.1 Å². The topological polar surface area (TPSA) is 88.8 Å². The molecule has 1 aromatic heterocycles. The third kappa shape index (κ3) is 5.31. The zero-order valence-corrected chi connectivity index (χ0v) is 16.9. The molecule has 2 amide bonds. The summed E-state index contributed by atoms with van der Waals surface area (Å²) in [5.41, 5.74) is 0.0786. The number of rotatable bonds is 7.